The molecule has 0 aliphatic carbocycles. The van der Waals surface area contributed by atoms with Gasteiger partial charge in [0.05, 0.1) is 11.0 Å². The predicted molar refractivity (Wildman–Crippen MR) is 99.9 cm³/mol. The van der Waals surface area contributed by atoms with Crippen LogP contribution < -0.4 is 5.62 Å². The van der Waals surface area contributed by atoms with Gasteiger partial charge >= 0.3 is 0 Å². The quantitative estimate of drug-likeness (QED) is 0.440. The van der Waals surface area contributed by atoms with E-state index in [1.54, 1.807) is 0 Å². The monoisotopic (exact) mass is 329 g/mol. The first-order valence-electron chi connectivity index (χ1n) is 9.21. The number of hydrogen-bond acceptors (Lipinski definition) is 2. The summed E-state index contributed by atoms with van der Waals surface area (Å²) in [4.78, 5) is 0. The summed E-state index contributed by atoms with van der Waals surface area (Å²) in [6.45, 7) is 7.89. The molecule has 132 valence electrons. The molecular formula is C20H31N3O. The summed E-state index contributed by atoms with van der Waals surface area (Å²) in [6.07, 6.45) is 10.8. The highest BCUT2D eigenvalue weighted by molar-refractivity contribution is 5.75. The number of allylic oxidation sites excluding steroid dienone is 1. The lowest BCUT2D eigenvalue weighted by atomic mass is 10.1. The first-order valence-corrected chi connectivity index (χ1v) is 9.21. The largest absolute Gasteiger partial charge is 0.361 e. The molecule has 0 radical (unpaired) electrons. The predicted octanol–water partition coefficient (Wildman–Crippen LogP) is 4.83. The Hall–Kier alpha value is -1.81. The van der Waals surface area contributed by atoms with Crippen LogP contribution in [0.4, 0.5) is 0 Å². The molecule has 1 heterocycles. The zero-order valence-corrected chi connectivity index (χ0v) is 15.0. The van der Waals surface area contributed by atoms with Gasteiger partial charge in [0.2, 0.25) is 5.62 Å². The third kappa shape index (κ3) is 4.84. The van der Waals surface area contributed by atoms with Gasteiger partial charge in [-0.05, 0) is 18.6 Å². The van der Waals surface area contributed by atoms with E-state index in [9.17, 15) is 0 Å². The van der Waals surface area contributed by atoms with Gasteiger partial charge in [-0.2, -0.15) is 0 Å². The summed E-state index contributed by atoms with van der Waals surface area (Å²) in [5.41, 5.74) is 2.57. The number of aromatic nitrogens is 2. The van der Waals surface area contributed by atoms with Crippen LogP contribution in [0.15, 0.2) is 36.9 Å². The minimum atomic E-state index is 0.444. The van der Waals surface area contributed by atoms with Gasteiger partial charge in [-0.15, -0.1) is 6.58 Å². The van der Waals surface area contributed by atoms with Crippen LogP contribution >= 0.6 is 0 Å². The number of benzene rings is 1. The second kappa shape index (κ2) is 10.1. The minimum Gasteiger partial charge on any atom is -0.361 e. The maximum Gasteiger partial charge on any atom is 0.205 e. The molecule has 0 aliphatic rings. The second-order valence-electron chi connectivity index (χ2n) is 6.30. The van der Waals surface area contributed by atoms with E-state index in [1.165, 1.54) is 38.5 Å². The van der Waals surface area contributed by atoms with Crippen LogP contribution in [0.1, 0.15) is 51.9 Å². The normalized spacial score (nSPS) is 11.2. The molecular weight excluding hydrogens is 298 g/mol. The van der Waals surface area contributed by atoms with Crippen molar-refractivity contribution in [2.75, 3.05) is 6.61 Å². The molecule has 0 aliphatic heterocycles. The summed E-state index contributed by atoms with van der Waals surface area (Å²) >= 11 is 0. The SMILES string of the molecule is C=CCn1c(=N)n(COCCCCCCCCC)c2ccccc21. The molecule has 0 atom stereocenters. The highest BCUT2D eigenvalue weighted by Gasteiger charge is 2.09. The average Bonchev–Trinajstić information content (AvgIpc) is 2.86. The van der Waals surface area contributed by atoms with Crippen LogP contribution in [0.5, 0.6) is 0 Å². The van der Waals surface area contributed by atoms with Gasteiger partial charge in [0, 0.05) is 13.2 Å². The van der Waals surface area contributed by atoms with Crippen molar-refractivity contribution in [3.8, 4) is 0 Å². The van der Waals surface area contributed by atoms with Crippen molar-refractivity contribution in [3.63, 3.8) is 0 Å². The van der Waals surface area contributed by atoms with Crippen molar-refractivity contribution >= 4 is 11.0 Å². The molecule has 1 aromatic carbocycles. The Balaban J connectivity index is 1.84. The van der Waals surface area contributed by atoms with E-state index in [2.05, 4.69) is 13.5 Å². The van der Waals surface area contributed by atoms with Crippen molar-refractivity contribution in [3.05, 3.63) is 42.5 Å². The molecule has 0 spiro atoms. The van der Waals surface area contributed by atoms with Crippen LogP contribution in [-0.4, -0.2) is 15.7 Å². The Bertz CT molecular complexity index is 684. The number of unbranched alkanes of at least 4 members (excludes halogenated alkanes) is 6. The van der Waals surface area contributed by atoms with E-state index in [1.807, 2.05) is 39.5 Å². The van der Waals surface area contributed by atoms with Gasteiger partial charge in [0.25, 0.3) is 0 Å². The third-order valence-corrected chi connectivity index (χ3v) is 4.40. The molecule has 0 saturated heterocycles. The minimum absolute atomic E-state index is 0.444. The second-order valence-corrected chi connectivity index (χ2v) is 6.30. The number of imidazole rings is 1. The van der Waals surface area contributed by atoms with E-state index in [0.717, 1.165) is 24.1 Å². The first-order chi connectivity index (χ1) is 11.8. The lowest BCUT2D eigenvalue weighted by molar-refractivity contribution is 0.0730. The standard InChI is InChI=1S/C20H31N3O/c1-3-5-6-7-8-9-12-16-24-17-23-19-14-11-10-13-18(19)22(15-4-2)20(23)21/h4,10-11,13-14,21H,2-3,5-9,12,15-17H2,1H3. The summed E-state index contributed by atoms with van der Waals surface area (Å²) in [7, 11) is 0. The first kappa shape index (κ1) is 18.5. The number of fused-ring (bicyclic) bond motifs is 1. The number of hydrogen-bond donors (Lipinski definition) is 1. The fourth-order valence-electron chi connectivity index (χ4n) is 3.06. The van der Waals surface area contributed by atoms with Crippen molar-refractivity contribution in [1.29, 1.82) is 5.41 Å². The van der Waals surface area contributed by atoms with Crippen LogP contribution in [0, 0.1) is 5.41 Å². The molecule has 1 aromatic heterocycles. The van der Waals surface area contributed by atoms with E-state index in [-0.39, 0.29) is 0 Å². The van der Waals surface area contributed by atoms with Gasteiger partial charge < -0.3 is 9.30 Å². The molecule has 1 N–H and O–H groups in total. The van der Waals surface area contributed by atoms with E-state index in [4.69, 9.17) is 10.1 Å². The van der Waals surface area contributed by atoms with Crippen molar-refractivity contribution in [2.45, 2.75) is 65.1 Å². The Labute approximate surface area is 145 Å². The Morgan fingerprint density at radius 2 is 1.62 bits per heavy atom. The number of para-hydroxylation sites is 2. The number of rotatable bonds is 12. The summed E-state index contributed by atoms with van der Waals surface area (Å²) in [5, 5.41) is 8.39. The van der Waals surface area contributed by atoms with Crippen molar-refractivity contribution in [2.24, 2.45) is 0 Å². The Kier molecular flexibility index (Phi) is 7.83. The lowest BCUT2D eigenvalue weighted by Gasteiger charge is -2.06. The van der Waals surface area contributed by atoms with E-state index < -0.39 is 0 Å². The highest BCUT2D eigenvalue weighted by Crippen LogP contribution is 2.13. The zero-order chi connectivity index (χ0) is 17.2. The van der Waals surface area contributed by atoms with Gasteiger partial charge in [-0.3, -0.25) is 9.98 Å². The van der Waals surface area contributed by atoms with Crippen LogP contribution in [-0.2, 0) is 18.0 Å². The molecule has 0 amide bonds. The van der Waals surface area contributed by atoms with E-state index in [0.29, 0.717) is 18.9 Å². The van der Waals surface area contributed by atoms with Crippen LogP contribution in [0.2, 0.25) is 0 Å². The highest BCUT2D eigenvalue weighted by atomic mass is 16.5. The maximum absolute atomic E-state index is 8.39. The number of nitrogens with zero attached hydrogens (tertiary/aromatic N) is 2. The maximum atomic E-state index is 8.39. The molecule has 4 nitrogen and oxygen atoms in total. The lowest BCUT2D eigenvalue weighted by Crippen LogP contribution is -2.25. The Morgan fingerprint density at radius 1 is 1.00 bits per heavy atom. The number of ether oxygens (including phenoxy) is 1. The molecule has 0 fully saturated rings. The Morgan fingerprint density at radius 3 is 2.29 bits per heavy atom. The topological polar surface area (TPSA) is 42.9 Å². The van der Waals surface area contributed by atoms with E-state index >= 15 is 0 Å². The smallest absolute Gasteiger partial charge is 0.205 e. The van der Waals surface area contributed by atoms with Gasteiger partial charge in [0.15, 0.2) is 0 Å². The molecule has 2 rings (SSSR count). The summed E-state index contributed by atoms with van der Waals surface area (Å²) in [5.74, 6) is 0. The van der Waals surface area contributed by atoms with Gasteiger partial charge in [0.1, 0.15) is 6.73 Å². The van der Waals surface area contributed by atoms with Crippen molar-refractivity contribution in [1.82, 2.24) is 9.13 Å². The number of nitrogens with one attached hydrogen (secondary N) is 1. The van der Waals surface area contributed by atoms with Gasteiger partial charge in [-0.1, -0.05) is 63.7 Å². The van der Waals surface area contributed by atoms with Crippen LogP contribution in [0.3, 0.4) is 0 Å². The summed E-state index contributed by atoms with van der Waals surface area (Å²) in [6, 6.07) is 8.10. The van der Waals surface area contributed by atoms with Gasteiger partial charge in [-0.25, -0.2) is 0 Å². The molecule has 2 aromatic rings. The van der Waals surface area contributed by atoms with Crippen molar-refractivity contribution < 1.29 is 4.74 Å². The van der Waals surface area contributed by atoms with Crippen LogP contribution in [0.25, 0.3) is 11.0 Å². The molecule has 4 heteroatoms. The molecule has 0 unspecified atom stereocenters. The molecule has 0 saturated carbocycles. The fraction of sp³-hybridized carbons (Fsp3) is 0.550. The average molecular weight is 329 g/mol. The fourth-order valence-corrected chi connectivity index (χ4v) is 3.06. The zero-order valence-electron chi connectivity index (χ0n) is 15.0. The molecule has 0 bridgehead atoms. The summed E-state index contributed by atoms with van der Waals surface area (Å²) < 4.78 is 9.72. The molecule has 24 heavy (non-hydrogen) atoms. The third-order valence-electron chi connectivity index (χ3n) is 4.40.